The smallest absolute Gasteiger partial charge is 0.243 e. The molecule has 0 spiro atoms. The topological polar surface area (TPSA) is 49.4 Å². The van der Waals surface area contributed by atoms with Crippen molar-refractivity contribution in [1.82, 2.24) is 10.2 Å². The number of benzene rings is 3. The van der Waals surface area contributed by atoms with E-state index in [1.165, 1.54) is 11.8 Å². The molecule has 0 radical (unpaired) electrons. The minimum atomic E-state index is -0.725. The van der Waals surface area contributed by atoms with E-state index in [0.29, 0.717) is 39.3 Å². The first-order valence-corrected chi connectivity index (χ1v) is 14.4. The van der Waals surface area contributed by atoms with Gasteiger partial charge in [0.25, 0.3) is 0 Å². The number of hydrogen-bond acceptors (Lipinski definition) is 3. The molecule has 0 aliphatic carbocycles. The quantitative estimate of drug-likeness (QED) is 0.246. The van der Waals surface area contributed by atoms with E-state index >= 15 is 0 Å². The summed E-state index contributed by atoms with van der Waals surface area (Å²) in [4.78, 5) is 28.8. The molecule has 0 aliphatic heterocycles. The molecule has 1 atom stereocenters. The van der Waals surface area contributed by atoms with Gasteiger partial charge in [-0.05, 0) is 41.3 Å². The predicted octanol–water partition coefficient (Wildman–Crippen LogP) is 7.29. The largest absolute Gasteiger partial charge is 0.354 e. The van der Waals surface area contributed by atoms with Crippen LogP contribution in [0.3, 0.4) is 0 Å². The van der Waals surface area contributed by atoms with E-state index in [-0.39, 0.29) is 30.0 Å². The maximum Gasteiger partial charge on any atom is 0.243 e. The summed E-state index contributed by atoms with van der Waals surface area (Å²) >= 11 is 20.4. The molecule has 8 heteroatoms. The highest BCUT2D eigenvalue weighted by molar-refractivity contribution is 7.99. The lowest BCUT2D eigenvalue weighted by atomic mass is 10.0. The van der Waals surface area contributed by atoms with Gasteiger partial charge in [0.1, 0.15) is 6.04 Å². The Kier molecular flexibility index (Phi) is 11.7. The van der Waals surface area contributed by atoms with E-state index in [4.69, 9.17) is 34.8 Å². The summed E-state index contributed by atoms with van der Waals surface area (Å²) in [5, 5.41) is 4.61. The molecule has 0 saturated carbocycles. The molecule has 37 heavy (non-hydrogen) atoms. The zero-order chi connectivity index (χ0) is 26.8. The van der Waals surface area contributed by atoms with Crippen molar-refractivity contribution in [2.24, 2.45) is 5.92 Å². The fraction of sp³-hybridized carbons (Fsp3) is 0.310. The van der Waals surface area contributed by atoms with Crippen LogP contribution in [0.25, 0.3) is 0 Å². The van der Waals surface area contributed by atoms with Crippen molar-refractivity contribution in [3.63, 3.8) is 0 Å². The molecule has 0 heterocycles. The number of nitrogens with zero attached hydrogens (tertiary/aromatic N) is 1. The van der Waals surface area contributed by atoms with Gasteiger partial charge in [-0.2, -0.15) is 0 Å². The lowest BCUT2D eigenvalue weighted by Gasteiger charge is -2.32. The highest BCUT2D eigenvalue weighted by Crippen LogP contribution is 2.28. The zero-order valence-electron chi connectivity index (χ0n) is 20.9. The molecule has 0 saturated heterocycles. The van der Waals surface area contributed by atoms with E-state index in [9.17, 15) is 9.59 Å². The minimum Gasteiger partial charge on any atom is -0.354 e. The van der Waals surface area contributed by atoms with Crippen LogP contribution in [0.15, 0.2) is 72.8 Å². The summed E-state index contributed by atoms with van der Waals surface area (Å²) < 4.78 is 0. The molecule has 2 amide bonds. The van der Waals surface area contributed by atoms with Gasteiger partial charge in [0.15, 0.2) is 0 Å². The first-order valence-electron chi connectivity index (χ1n) is 12.1. The molecule has 1 N–H and O–H groups in total. The second-order valence-corrected chi connectivity index (χ2v) is 11.4. The second kappa shape index (κ2) is 14.7. The minimum absolute atomic E-state index is 0.130. The number of thioether (sulfide) groups is 1. The standard InChI is InChI=1S/C29H31Cl3N2O2S/c1-20(2)16-33-29(36)27(15-21-7-4-3-5-8-21)34(17-24-25(31)9-6-10-26(24)32)28(35)19-37-18-22-11-13-23(30)14-12-22/h3-14,20,27H,15-19H2,1-2H3,(H,33,36)/t27-/m0/s1. The number of nitrogens with one attached hydrogen (secondary N) is 1. The third-order valence-corrected chi connectivity index (χ3v) is 7.70. The Morgan fingerprint density at radius 1 is 0.865 bits per heavy atom. The van der Waals surface area contributed by atoms with Gasteiger partial charge in [0.05, 0.1) is 5.75 Å². The van der Waals surface area contributed by atoms with E-state index in [1.54, 1.807) is 23.1 Å². The molecular weight excluding hydrogens is 547 g/mol. The molecule has 0 aliphatic rings. The third-order valence-electron chi connectivity index (χ3n) is 5.75. The van der Waals surface area contributed by atoms with Crippen molar-refractivity contribution in [1.29, 1.82) is 0 Å². The maximum absolute atomic E-state index is 13.7. The summed E-state index contributed by atoms with van der Waals surface area (Å²) in [6, 6.07) is 21.8. The molecule has 3 aromatic rings. The van der Waals surface area contributed by atoms with Crippen molar-refractivity contribution in [3.05, 3.63) is 105 Å². The number of carbonyl (C=O) groups is 2. The highest BCUT2D eigenvalue weighted by Gasteiger charge is 2.31. The molecule has 0 fully saturated rings. The maximum atomic E-state index is 13.7. The van der Waals surface area contributed by atoms with Crippen molar-refractivity contribution < 1.29 is 9.59 Å². The van der Waals surface area contributed by atoms with Crippen LogP contribution in [0.1, 0.15) is 30.5 Å². The third kappa shape index (κ3) is 9.26. The Balaban J connectivity index is 1.88. The van der Waals surface area contributed by atoms with Gasteiger partial charge in [0, 0.05) is 45.9 Å². The summed E-state index contributed by atoms with van der Waals surface area (Å²) in [7, 11) is 0. The predicted molar refractivity (Wildman–Crippen MR) is 156 cm³/mol. The average molecular weight is 578 g/mol. The molecule has 196 valence electrons. The first kappa shape index (κ1) is 29.4. The van der Waals surface area contributed by atoms with Gasteiger partial charge in [-0.1, -0.05) is 97.2 Å². The molecule has 0 unspecified atom stereocenters. The Morgan fingerprint density at radius 3 is 2.14 bits per heavy atom. The monoisotopic (exact) mass is 576 g/mol. The van der Waals surface area contributed by atoms with E-state index in [2.05, 4.69) is 5.32 Å². The van der Waals surface area contributed by atoms with Gasteiger partial charge in [-0.25, -0.2) is 0 Å². The van der Waals surface area contributed by atoms with E-state index < -0.39 is 6.04 Å². The molecule has 4 nitrogen and oxygen atoms in total. The average Bonchev–Trinajstić information content (AvgIpc) is 2.88. The Morgan fingerprint density at radius 2 is 1.51 bits per heavy atom. The normalized spacial score (nSPS) is 11.8. The van der Waals surface area contributed by atoms with Crippen molar-refractivity contribution in [3.8, 4) is 0 Å². The van der Waals surface area contributed by atoms with E-state index in [0.717, 1.165) is 11.1 Å². The fourth-order valence-corrected chi connectivity index (χ4v) is 5.26. The number of hydrogen-bond donors (Lipinski definition) is 1. The molecule has 0 aromatic heterocycles. The summed E-state index contributed by atoms with van der Waals surface area (Å²) in [6.07, 6.45) is 0.375. The molecule has 3 rings (SSSR count). The Bertz CT molecular complexity index is 1150. The van der Waals surface area contributed by atoms with Crippen LogP contribution >= 0.6 is 46.6 Å². The molecule has 0 bridgehead atoms. The van der Waals surface area contributed by atoms with Crippen LogP contribution in [0.4, 0.5) is 0 Å². The summed E-state index contributed by atoms with van der Waals surface area (Å²) in [6.45, 7) is 4.72. The van der Waals surface area contributed by atoms with Crippen LogP contribution in [0.5, 0.6) is 0 Å². The first-order chi connectivity index (χ1) is 17.7. The van der Waals surface area contributed by atoms with Gasteiger partial charge in [-0.15, -0.1) is 11.8 Å². The lowest BCUT2D eigenvalue weighted by molar-refractivity contribution is -0.139. The number of carbonyl (C=O) groups excluding carboxylic acids is 2. The molecule has 3 aromatic carbocycles. The van der Waals surface area contributed by atoms with Gasteiger partial charge >= 0.3 is 0 Å². The van der Waals surface area contributed by atoms with Crippen LogP contribution < -0.4 is 5.32 Å². The highest BCUT2D eigenvalue weighted by atomic mass is 35.5. The molecular formula is C29H31Cl3N2O2S. The van der Waals surface area contributed by atoms with Crippen LogP contribution in [0, 0.1) is 5.92 Å². The Hall–Kier alpha value is -2.18. The van der Waals surface area contributed by atoms with E-state index in [1.807, 2.05) is 68.4 Å². The van der Waals surface area contributed by atoms with Crippen LogP contribution in [-0.4, -0.2) is 35.1 Å². The van der Waals surface area contributed by atoms with Crippen molar-refractivity contribution in [2.75, 3.05) is 12.3 Å². The van der Waals surface area contributed by atoms with Crippen LogP contribution in [0.2, 0.25) is 15.1 Å². The van der Waals surface area contributed by atoms with Gasteiger partial charge in [-0.3, -0.25) is 9.59 Å². The SMILES string of the molecule is CC(C)CNC(=O)[C@H](Cc1ccccc1)N(Cc1c(Cl)cccc1Cl)C(=O)CSCc1ccc(Cl)cc1. The van der Waals surface area contributed by atoms with Crippen molar-refractivity contribution >= 4 is 58.4 Å². The van der Waals surface area contributed by atoms with Crippen molar-refractivity contribution in [2.45, 2.75) is 38.6 Å². The number of rotatable bonds is 12. The van der Waals surface area contributed by atoms with Crippen LogP contribution in [-0.2, 0) is 28.3 Å². The zero-order valence-corrected chi connectivity index (χ0v) is 24.0. The number of halogens is 3. The summed E-state index contributed by atoms with van der Waals surface area (Å²) in [5.74, 6) is 0.769. The second-order valence-electron chi connectivity index (χ2n) is 9.19. The summed E-state index contributed by atoms with van der Waals surface area (Å²) in [5.41, 5.74) is 2.65. The Labute approximate surface area is 238 Å². The fourth-order valence-electron chi connectivity index (χ4n) is 3.75. The van der Waals surface area contributed by atoms with Gasteiger partial charge in [0.2, 0.25) is 11.8 Å². The van der Waals surface area contributed by atoms with Gasteiger partial charge < -0.3 is 10.2 Å². The lowest BCUT2D eigenvalue weighted by Crippen LogP contribution is -2.51. The number of amides is 2.